The minimum absolute atomic E-state index is 0.0330. The minimum Gasteiger partial charge on any atom is -0.477 e. The highest BCUT2D eigenvalue weighted by Gasteiger charge is 2.34. The normalized spacial score (nSPS) is 15.5. The number of amides is 2. The second kappa shape index (κ2) is 7.19. The Morgan fingerprint density at radius 3 is 2.61 bits per heavy atom. The molecule has 0 unspecified atom stereocenters. The fourth-order valence-corrected chi connectivity index (χ4v) is 3.12. The average Bonchev–Trinajstić information content (AvgIpc) is 3.22. The molecule has 1 atom stereocenters. The van der Waals surface area contributed by atoms with Crippen LogP contribution in [0.1, 0.15) is 10.6 Å². The van der Waals surface area contributed by atoms with Gasteiger partial charge in [-0.3, -0.25) is 14.5 Å². The highest BCUT2D eigenvalue weighted by atomic mass is 19.1. The topological polar surface area (TPSA) is 71.8 Å². The molecule has 1 aliphatic heterocycles. The van der Waals surface area contributed by atoms with Crippen LogP contribution in [0.4, 0.5) is 10.1 Å². The molecule has 4 rings (SSSR count). The Morgan fingerprint density at radius 1 is 1.07 bits per heavy atom. The van der Waals surface area contributed by atoms with Gasteiger partial charge in [-0.1, -0.05) is 24.3 Å². The molecule has 7 heteroatoms. The molecule has 0 aliphatic carbocycles. The van der Waals surface area contributed by atoms with Gasteiger partial charge in [0.05, 0.1) is 17.8 Å². The lowest BCUT2D eigenvalue weighted by atomic mass is 10.1. The number of furan rings is 1. The maximum absolute atomic E-state index is 14.0. The maximum atomic E-state index is 14.0. The van der Waals surface area contributed by atoms with Gasteiger partial charge in [0.1, 0.15) is 17.3 Å². The molecule has 28 heavy (non-hydrogen) atoms. The zero-order valence-corrected chi connectivity index (χ0v) is 15.0. The summed E-state index contributed by atoms with van der Waals surface area (Å²) in [6.07, 6.45) is -0.843. The van der Waals surface area contributed by atoms with Crippen molar-refractivity contribution in [3.8, 4) is 17.1 Å². The molecule has 1 aliphatic rings. The number of carbonyl (C=O) groups is 2. The van der Waals surface area contributed by atoms with E-state index in [1.165, 1.54) is 24.1 Å². The van der Waals surface area contributed by atoms with Gasteiger partial charge in [-0.05, 0) is 36.4 Å². The lowest BCUT2D eigenvalue weighted by Gasteiger charge is -2.33. The standard InChI is InChI=1S/C21H17FN2O4/c1-23-20(25)19-12-24(15-8-4-5-9-17(15)28-19)21(26)18-11-10-16(27-18)13-6-2-3-7-14(13)22/h2-11,19H,12H2,1H3,(H,23,25)/t19-/m1/s1. The van der Waals surface area contributed by atoms with Crippen molar-refractivity contribution < 1.29 is 23.1 Å². The summed E-state index contributed by atoms with van der Waals surface area (Å²) in [5.41, 5.74) is 0.809. The Labute approximate surface area is 160 Å². The fraction of sp³-hybridized carbons (Fsp3) is 0.143. The van der Waals surface area contributed by atoms with Crippen molar-refractivity contribution in [2.45, 2.75) is 6.10 Å². The van der Waals surface area contributed by atoms with Crippen molar-refractivity contribution in [2.24, 2.45) is 0 Å². The SMILES string of the molecule is CNC(=O)[C@H]1CN(C(=O)c2ccc(-c3ccccc3F)o2)c2ccccc2O1. The van der Waals surface area contributed by atoms with Crippen molar-refractivity contribution >= 4 is 17.5 Å². The summed E-state index contributed by atoms with van der Waals surface area (Å²) in [5, 5.41) is 2.53. The molecule has 0 radical (unpaired) electrons. The number of ether oxygens (including phenoxy) is 1. The van der Waals surface area contributed by atoms with Gasteiger partial charge < -0.3 is 14.5 Å². The average molecular weight is 380 g/mol. The highest BCUT2D eigenvalue weighted by molar-refractivity contribution is 6.06. The van der Waals surface area contributed by atoms with E-state index in [2.05, 4.69) is 5.32 Å². The number of hydrogen-bond acceptors (Lipinski definition) is 4. The molecule has 0 spiro atoms. The number of rotatable bonds is 3. The first-order valence-corrected chi connectivity index (χ1v) is 8.72. The maximum Gasteiger partial charge on any atom is 0.294 e. The molecule has 0 saturated carbocycles. The third kappa shape index (κ3) is 3.11. The summed E-state index contributed by atoms with van der Waals surface area (Å²) < 4.78 is 25.3. The van der Waals surface area contributed by atoms with Gasteiger partial charge in [0.25, 0.3) is 11.8 Å². The van der Waals surface area contributed by atoms with Crippen LogP contribution in [0.2, 0.25) is 0 Å². The Balaban J connectivity index is 1.68. The van der Waals surface area contributed by atoms with E-state index in [4.69, 9.17) is 9.15 Å². The predicted octanol–water partition coefficient (Wildman–Crippen LogP) is 3.24. The van der Waals surface area contributed by atoms with Crippen LogP contribution in [0, 0.1) is 5.82 Å². The lowest BCUT2D eigenvalue weighted by Crippen LogP contribution is -2.50. The molecule has 2 aromatic carbocycles. The third-order valence-corrected chi connectivity index (χ3v) is 4.51. The van der Waals surface area contributed by atoms with Crippen molar-refractivity contribution in [3.05, 3.63) is 72.2 Å². The number of likely N-dealkylation sites (N-methyl/N-ethyl adjacent to an activating group) is 1. The van der Waals surface area contributed by atoms with E-state index in [1.807, 2.05) is 0 Å². The van der Waals surface area contributed by atoms with Crippen LogP contribution >= 0.6 is 0 Å². The molecule has 2 amide bonds. The van der Waals surface area contributed by atoms with Crippen LogP contribution in [0.25, 0.3) is 11.3 Å². The minimum atomic E-state index is -0.843. The second-order valence-electron chi connectivity index (χ2n) is 6.25. The van der Waals surface area contributed by atoms with E-state index in [0.29, 0.717) is 11.4 Å². The number of hydrogen-bond donors (Lipinski definition) is 1. The largest absolute Gasteiger partial charge is 0.477 e. The van der Waals surface area contributed by atoms with Crippen LogP contribution in [-0.4, -0.2) is 31.5 Å². The first-order chi connectivity index (χ1) is 13.6. The first-order valence-electron chi connectivity index (χ1n) is 8.72. The summed E-state index contributed by atoms with van der Waals surface area (Å²) in [6, 6.07) is 16.2. The van der Waals surface area contributed by atoms with Crippen LogP contribution in [0.3, 0.4) is 0 Å². The van der Waals surface area contributed by atoms with E-state index >= 15 is 0 Å². The van der Waals surface area contributed by atoms with Gasteiger partial charge in [0, 0.05) is 7.05 Å². The Kier molecular flexibility index (Phi) is 4.57. The molecule has 2 heterocycles. The lowest BCUT2D eigenvalue weighted by molar-refractivity contribution is -0.127. The zero-order chi connectivity index (χ0) is 19.7. The number of anilines is 1. The van der Waals surface area contributed by atoms with Gasteiger partial charge in [-0.25, -0.2) is 4.39 Å². The molecule has 142 valence electrons. The molecule has 0 bridgehead atoms. The van der Waals surface area contributed by atoms with Crippen molar-refractivity contribution in [1.29, 1.82) is 0 Å². The van der Waals surface area contributed by atoms with Gasteiger partial charge in [-0.15, -0.1) is 0 Å². The van der Waals surface area contributed by atoms with Gasteiger partial charge in [0.2, 0.25) is 0 Å². The van der Waals surface area contributed by atoms with E-state index in [0.717, 1.165) is 0 Å². The summed E-state index contributed by atoms with van der Waals surface area (Å²) in [5.74, 6) is -0.480. The van der Waals surface area contributed by atoms with Crippen LogP contribution in [0.15, 0.2) is 65.1 Å². The quantitative estimate of drug-likeness (QED) is 0.757. The van der Waals surface area contributed by atoms with E-state index in [-0.39, 0.29) is 29.5 Å². The molecule has 3 aromatic rings. The number of carbonyl (C=O) groups excluding carboxylic acids is 2. The van der Waals surface area contributed by atoms with E-state index < -0.39 is 17.8 Å². The third-order valence-electron chi connectivity index (χ3n) is 4.51. The number of fused-ring (bicyclic) bond motifs is 1. The first kappa shape index (κ1) is 17.8. The summed E-state index contributed by atoms with van der Waals surface area (Å²) in [7, 11) is 1.51. The number of halogens is 1. The number of benzene rings is 2. The van der Waals surface area contributed by atoms with Crippen LogP contribution < -0.4 is 15.0 Å². The number of para-hydroxylation sites is 2. The van der Waals surface area contributed by atoms with E-state index in [9.17, 15) is 14.0 Å². The molecule has 1 aromatic heterocycles. The molecule has 0 fully saturated rings. The molecule has 1 N–H and O–H groups in total. The van der Waals surface area contributed by atoms with Gasteiger partial charge >= 0.3 is 0 Å². The number of nitrogens with zero attached hydrogens (tertiary/aromatic N) is 1. The van der Waals surface area contributed by atoms with Gasteiger partial charge in [-0.2, -0.15) is 0 Å². The second-order valence-corrected chi connectivity index (χ2v) is 6.25. The number of nitrogens with one attached hydrogen (secondary N) is 1. The van der Waals surface area contributed by atoms with Gasteiger partial charge in [0.15, 0.2) is 11.9 Å². The predicted molar refractivity (Wildman–Crippen MR) is 101 cm³/mol. The molecular weight excluding hydrogens is 363 g/mol. The van der Waals surface area contributed by atoms with E-state index in [1.54, 1.807) is 48.5 Å². The monoisotopic (exact) mass is 380 g/mol. The van der Waals surface area contributed by atoms with Crippen molar-refractivity contribution in [1.82, 2.24) is 5.32 Å². The Hall–Kier alpha value is -3.61. The summed E-state index contributed by atoms with van der Waals surface area (Å²) in [4.78, 5) is 26.6. The smallest absolute Gasteiger partial charge is 0.294 e. The summed E-state index contributed by atoms with van der Waals surface area (Å²) >= 11 is 0. The van der Waals surface area contributed by atoms with Crippen LogP contribution in [0.5, 0.6) is 5.75 Å². The Morgan fingerprint density at radius 2 is 1.82 bits per heavy atom. The van der Waals surface area contributed by atoms with Crippen molar-refractivity contribution in [2.75, 3.05) is 18.5 Å². The molecule has 6 nitrogen and oxygen atoms in total. The molecule has 0 saturated heterocycles. The summed E-state index contributed by atoms with van der Waals surface area (Å²) in [6.45, 7) is 0.0330. The Bertz CT molecular complexity index is 1050. The fourth-order valence-electron chi connectivity index (χ4n) is 3.12. The molecular formula is C21H17FN2O4. The van der Waals surface area contributed by atoms with Crippen LogP contribution in [-0.2, 0) is 4.79 Å². The highest BCUT2D eigenvalue weighted by Crippen LogP contribution is 2.35. The zero-order valence-electron chi connectivity index (χ0n) is 15.0. The van der Waals surface area contributed by atoms with Crippen molar-refractivity contribution in [3.63, 3.8) is 0 Å².